The van der Waals surface area contributed by atoms with Crippen molar-refractivity contribution in [3.63, 3.8) is 0 Å². The Morgan fingerprint density at radius 3 is 2.32 bits per heavy atom. The lowest BCUT2D eigenvalue weighted by molar-refractivity contribution is -0.182. The molecule has 0 N–H and O–H groups in total. The number of rotatable bonds is 2. The number of benzene rings is 2. The molecule has 22 heavy (non-hydrogen) atoms. The van der Waals surface area contributed by atoms with Gasteiger partial charge in [0.2, 0.25) is 0 Å². The van der Waals surface area contributed by atoms with E-state index in [0.29, 0.717) is 24.2 Å². The minimum absolute atomic E-state index is 0.0832. The molecule has 0 amide bonds. The molecule has 1 nitrogen and oxygen atoms in total. The molecule has 0 heterocycles. The summed E-state index contributed by atoms with van der Waals surface area (Å²) in [5.41, 5.74) is -0.456. The maximum Gasteiger partial charge on any atom is 0.402 e. The fourth-order valence-electron chi connectivity index (χ4n) is 3.47. The number of methoxy groups -OCH3 is 1. The highest BCUT2D eigenvalue weighted by Gasteiger charge is 2.58. The highest BCUT2D eigenvalue weighted by atomic mass is 19.4. The lowest BCUT2D eigenvalue weighted by Gasteiger charge is -2.41. The first-order valence-corrected chi connectivity index (χ1v) is 7.29. The van der Waals surface area contributed by atoms with Crippen LogP contribution in [0.3, 0.4) is 0 Å². The molecule has 0 saturated carbocycles. The summed E-state index contributed by atoms with van der Waals surface area (Å²) in [5.74, 6) is 0.560. The average Bonchev–Trinajstić information content (AvgIpc) is 2.53. The van der Waals surface area contributed by atoms with Crippen molar-refractivity contribution >= 4 is 0 Å². The van der Waals surface area contributed by atoms with Crippen LogP contribution in [0.25, 0.3) is 0 Å². The van der Waals surface area contributed by atoms with E-state index < -0.39 is 11.6 Å². The van der Waals surface area contributed by atoms with Gasteiger partial charge in [0.25, 0.3) is 0 Å². The van der Waals surface area contributed by atoms with Gasteiger partial charge in [-0.15, -0.1) is 0 Å². The van der Waals surface area contributed by atoms with Crippen molar-refractivity contribution in [1.82, 2.24) is 0 Å². The molecule has 3 rings (SSSR count). The zero-order valence-corrected chi connectivity index (χ0v) is 12.3. The molecule has 0 spiro atoms. The van der Waals surface area contributed by atoms with Crippen LogP contribution < -0.4 is 4.74 Å². The van der Waals surface area contributed by atoms with Crippen LogP contribution >= 0.6 is 0 Å². The first kappa shape index (κ1) is 14.9. The van der Waals surface area contributed by atoms with Crippen molar-refractivity contribution in [2.24, 2.45) is 0 Å². The molecule has 4 heteroatoms. The maximum absolute atomic E-state index is 14.1. The molecule has 1 aliphatic carbocycles. The lowest BCUT2D eigenvalue weighted by atomic mass is 9.65. The Morgan fingerprint density at radius 2 is 1.68 bits per heavy atom. The Morgan fingerprint density at radius 1 is 1.00 bits per heavy atom. The molecular formula is C18H17F3O. The number of alkyl halides is 3. The van der Waals surface area contributed by atoms with Crippen LogP contribution in [0, 0.1) is 0 Å². The van der Waals surface area contributed by atoms with Gasteiger partial charge in [-0.1, -0.05) is 36.4 Å². The van der Waals surface area contributed by atoms with Gasteiger partial charge in [-0.3, -0.25) is 0 Å². The molecule has 0 aliphatic heterocycles. The molecular weight excluding hydrogens is 289 g/mol. The van der Waals surface area contributed by atoms with Gasteiger partial charge in [0.15, 0.2) is 0 Å². The van der Waals surface area contributed by atoms with E-state index in [-0.39, 0.29) is 12.0 Å². The van der Waals surface area contributed by atoms with Crippen molar-refractivity contribution < 1.29 is 17.9 Å². The number of fused-ring (bicyclic) bond motifs is 1. The second-order valence-corrected chi connectivity index (χ2v) is 5.64. The smallest absolute Gasteiger partial charge is 0.402 e. The topological polar surface area (TPSA) is 9.23 Å². The number of halogens is 3. The average molecular weight is 306 g/mol. The first-order chi connectivity index (χ1) is 10.5. The zero-order valence-electron chi connectivity index (χ0n) is 12.3. The van der Waals surface area contributed by atoms with Crippen LogP contribution in [-0.4, -0.2) is 13.3 Å². The van der Waals surface area contributed by atoms with Crippen LogP contribution in [0.4, 0.5) is 13.2 Å². The molecule has 2 aromatic carbocycles. The second kappa shape index (κ2) is 5.34. The maximum atomic E-state index is 14.1. The fraction of sp³-hybridized carbons (Fsp3) is 0.333. The van der Waals surface area contributed by atoms with E-state index in [0.717, 1.165) is 5.56 Å². The van der Waals surface area contributed by atoms with E-state index >= 15 is 0 Å². The van der Waals surface area contributed by atoms with Gasteiger partial charge in [-0.2, -0.15) is 13.2 Å². The molecule has 1 aliphatic rings. The van der Waals surface area contributed by atoms with Gasteiger partial charge in [0.1, 0.15) is 11.2 Å². The SMILES string of the molecule is COc1ccc(C2(C(F)(F)F)CCCc3ccccc32)cc1. The largest absolute Gasteiger partial charge is 0.497 e. The van der Waals surface area contributed by atoms with E-state index in [1.165, 1.54) is 19.2 Å². The number of ether oxygens (including phenoxy) is 1. The number of aryl methyl sites for hydroxylation is 1. The summed E-state index contributed by atoms with van der Waals surface area (Å²) in [5, 5.41) is 0. The molecule has 1 unspecified atom stereocenters. The summed E-state index contributed by atoms with van der Waals surface area (Å²) in [6.45, 7) is 0. The molecule has 0 saturated heterocycles. The zero-order chi connectivity index (χ0) is 15.8. The molecule has 1 atom stereocenters. The van der Waals surface area contributed by atoms with Crippen molar-refractivity contribution in [3.05, 3.63) is 65.2 Å². The lowest BCUT2D eigenvalue weighted by Crippen LogP contribution is -2.45. The van der Waals surface area contributed by atoms with E-state index in [9.17, 15) is 13.2 Å². The third kappa shape index (κ3) is 2.18. The van der Waals surface area contributed by atoms with Gasteiger partial charge in [0, 0.05) is 0 Å². The van der Waals surface area contributed by atoms with Crippen LogP contribution in [0.5, 0.6) is 5.75 Å². The highest BCUT2D eigenvalue weighted by molar-refractivity contribution is 5.48. The third-order valence-electron chi connectivity index (χ3n) is 4.54. The summed E-state index contributed by atoms with van der Waals surface area (Å²) in [6.07, 6.45) is -3.02. The van der Waals surface area contributed by atoms with E-state index in [1.54, 1.807) is 36.4 Å². The predicted octanol–water partition coefficient (Wildman–Crippen LogP) is 4.88. The molecule has 0 aromatic heterocycles. The molecule has 0 bridgehead atoms. The monoisotopic (exact) mass is 306 g/mol. The highest BCUT2D eigenvalue weighted by Crippen LogP contribution is 2.53. The Hall–Kier alpha value is -1.97. The van der Waals surface area contributed by atoms with Gasteiger partial charge in [-0.25, -0.2) is 0 Å². The third-order valence-corrected chi connectivity index (χ3v) is 4.54. The van der Waals surface area contributed by atoms with Crippen molar-refractivity contribution in [2.75, 3.05) is 7.11 Å². The van der Waals surface area contributed by atoms with Crippen LogP contribution in [0.1, 0.15) is 29.5 Å². The minimum Gasteiger partial charge on any atom is -0.497 e. The summed E-state index contributed by atoms with van der Waals surface area (Å²) in [6, 6.07) is 13.2. The van der Waals surface area contributed by atoms with Gasteiger partial charge >= 0.3 is 6.18 Å². The van der Waals surface area contributed by atoms with E-state index in [1.807, 2.05) is 0 Å². The van der Waals surface area contributed by atoms with Crippen molar-refractivity contribution in [2.45, 2.75) is 30.9 Å². The summed E-state index contributed by atoms with van der Waals surface area (Å²) in [4.78, 5) is 0. The Labute approximate surface area is 127 Å². The summed E-state index contributed by atoms with van der Waals surface area (Å²) < 4.78 is 47.4. The predicted molar refractivity (Wildman–Crippen MR) is 79.2 cm³/mol. The van der Waals surface area contributed by atoms with Crippen molar-refractivity contribution in [1.29, 1.82) is 0 Å². The van der Waals surface area contributed by atoms with Gasteiger partial charge in [0.05, 0.1) is 7.11 Å². The van der Waals surface area contributed by atoms with Crippen LogP contribution in [0.2, 0.25) is 0 Å². The quantitative estimate of drug-likeness (QED) is 0.768. The molecule has 116 valence electrons. The Balaban J connectivity index is 2.23. The number of hydrogen-bond donors (Lipinski definition) is 0. The summed E-state index contributed by atoms with van der Waals surface area (Å²) in [7, 11) is 1.50. The molecule has 0 fully saturated rings. The summed E-state index contributed by atoms with van der Waals surface area (Å²) >= 11 is 0. The van der Waals surface area contributed by atoms with E-state index in [4.69, 9.17) is 4.74 Å². The van der Waals surface area contributed by atoms with Crippen LogP contribution in [0.15, 0.2) is 48.5 Å². The standard InChI is InChI=1S/C18H17F3O/c1-22-15-10-8-14(9-11-15)17(18(19,20)21)12-4-6-13-5-2-3-7-16(13)17/h2-3,5,7-11H,4,6,12H2,1H3. The molecule has 0 radical (unpaired) electrons. The normalized spacial score (nSPS) is 21.3. The van der Waals surface area contributed by atoms with Crippen LogP contribution in [-0.2, 0) is 11.8 Å². The minimum atomic E-state index is -4.34. The second-order valence-electron chi connectivity index (χ2n) is 5.64. The first-order valence-electron chi connectivity index (χ1n) is 7.29. The van der Waals surface area contributed by atoms with Crippen molar-refractivity contribution in [3.8, 4) is 5.75 Å². The van der Waals surface area contributed by atoms with Gasteiger partial charge < -0.3 is 4.74 Å². The van der Waals surface area contributed by atoms with E-state index in [2.05, 4.69) is 0 Å². The molecule has 2 aromatic rings. The van der Waals surface area contributed by atoms with Gasteiger partial charge in [-0.05, 0) is 48.1 Å². The Bertz CT molecular complexity index is 661. The Kier molecular flexibility index (Phi) is 3.63. The fourth-order valence-corrected chi connectivity index (χ4v) is 3.47. The number of hydrogen-bond acceptors (Lipinski definition) is 1.